The van der Waals surface area contributed by atoms with Crippen molar-refractivity contribution >= 4 is 17.2 Å². The molecular weight excluding hydrogens is 300 g/mol. The Balaban J connectivity index is 1.66. The van der Waals surface area contributed by atoms with Crippen molar-refractivity contribution in [3.8, 4) is 0 Å². The lowest BCUT2D eigenvalue weighted by Crippen LogP contribution is -2.43. The van der Waals surface area contributed by atoms with Crippen molar-refractivity contribution in [2.24, 2.45) is 7.05 Å². The topological polar surface area (TPSA) is 59.4 Å². The van der Waals surface area contributed by atoms with Crippen LogP contribution < -0.4 is 5.32 Å². The van der Waals surface area contributed by atoms with Crippen LogP contribution >= 0.6 is 11.3 Å². The number of aryl methyl sites for hydroxylation is 1. The normalized spacial score (nSPS) is 17.3. The molecule has 1 N–H and O–H groups in total. The number of carbonyl (C=O) groups is 1. The van der Waals surface area contributed by atoms with Crippen LogP contribution in [0, 0.1) is 0 Å². The van der Waals surface area contributed by atoms with Crippen molar-refractivity contribution < 1.29 is 9.53 Å². The molecule has 1 saturated heterocycles. The highest BCUT2D eigenvalue weighted by atomic mass is 32.1. The summed E-state index contributed by atoms with van der Waals surface area (Å²) in [5.74, 6) is -0.0806. The first kappa shape index (κ1) is 15.2. The molecule has 1 amide bonds. The lowest BCUT2D eigenvalue weighted by molar-refractivity contribution is 0.0169. The second-order valence-corrected chi connectivity index (χ2v) is 6.27. The Hall–Kier alpha value is -1.70. The fourth-order valence-corrected chi connectivity index (χ4v) is 3.47. The first-order valence-electron chi connectivity index (χ1n) is 7.36. The summed E-state index contributed by atoms with van der Waals surface area (Å²) in [6.07, 6.45) is 3.31. The third kappa shape index (κ3) is 3.55. The lowest BCUT2D eigenvalue weighted by atomic mass is 10.2. The maximum Gasteiger partial charge on any atom is 0.254 e. The highest BCUT2D eigenvalue weighted by Crippen LogP contribution is 2.25. The van der Waals surface area contributed by atoms with Crippen LogP contribution in [0.5, 0.6) is 0 Å². The molecule has 6 nitrogen and oxygen atoms in total. The van der Waals surface area contributed by atoms with E-state index >= 15 is 0 Å². The Bertz CT molecular complexity index is 605. The smallest absolute Gasteiger partial charge is 0.254 e. The van der Waals surface area contributed by atoms with Gasteiger partial charge in [-0.3, -0.25) is 14.4 Å². The summed E-state index contributed by atoms with van der Waals surface area (Å²) >= 11 is 1.73. The molecule has 3 heterocycles. The summed E-state index contributed by atoms with van der Waals surface area (Å²) in [7, 11) is 1.80. The molecule has 0 radical (unpaired) electrons. The molecule has 1 unspecified atom stereocenters. The van der Waals surface area contributed by atoms with E-state index in [1.54, 1.807) is 35.5 Å². The van der Waals surface area contributed by atoms with Gasteiger partial charge in [-0.2, -0.15) is 5.10 Å². The summed E-state index contributed by atoms with van der Waals surface area (Å²) in [6.45, 7) is 3.88. The average molecular weight is 320 g/mol. The number of nitrogens with zero attached hydrogens (tertiary/aromatic N) is 3. The zero-order valence-electron chi connectivity index (χ0n) is 12.6. The number of rotatable bonds is 5. The third-order valence-corrected chi connectivity index (χ3v) is 4.75. The van der Waals surface area contributed by atoms with Crippen LogP contribution in [0.1, 0.15) is 21.3 Å². The van der Waals surface area contributed by atoms with E-state index in [0.717, 1.165) is 26.3 Å². The van der Waals surface area contributed by atoms with Crippen LogP contribution in [0.25, 0.3) is 0 Å². The maximum atomic E-state index is 12.2. The van der Waals surface area contributed by atoms with Gasteiger partial charge in [0.15, 0.2) is 0 Å². The lowest BCUT2D eigenvalue weighted by Gasteiger charge is -2.34. The largest absolute Gasteiger partial charge is 0.379 e. The summed E-state index contributed by atoms with van der Waals surface area (Å²) in [4.78, 5) is 15.9. The van der Waals surface area contributed by atoms with E-state index in [2.05, 4.69) is 32.8 Å². The highest BCUT2D eigenvalue weighted by molar-refractivity contribution is 7.10. The number of hydrogen-bond acceptors (Lipinski definition) is 5. The monoisotopic (exact) mass is 320 g/mol. The van der Waals surface area contributed by atoms with E-state index in [1.165, 1.54) is 4.88 Å². The van der Waals surface area contributed by atoms with Gasteiger partial charge in [0.1, 0.15) is 0 Å². The first-order chi connectivity index (χ1) is 10.7. The molecule has 0 spiro atoms. The number of amides is 1. The first-order valence-corrected chi connectivity index (χ1v) is 8.24. The van der Waals surface area contributed by atoms with Gasteiger partial charge in [-0.1, -0.05) is 6.07 Å². The Morgan fingerprint density at radius 3 is 2.95 bits per heavy atom. The van der Waals surface area contributed by atoms with E-state index in [4.69, 9.17) is 4.74 Å². The van der Waals surface area contributed by atoms with E-state index in [0.29, 0.717) is 12.1 Å². The maximum absolute atomic E-state index is 12.2. The predicted molar refractivity (Wildman–Crippen MR) is 85.0 cm³/mol. The van der Waals surface area contributed by atoms with Crippen LogP contribution in [0.3, 0.4) is 0 Å². The number of thiophene rings is 1. The minimum Gasteiger partial charge on any atom is -0.379 e. The van der Waals surface area contributed by atoms with Crippen molar-refractivity contribution in [1.82, 2.24) is 20.0 Å². The standard InChI is InChI=1S/C15H20N4O2S/c1-18-11-12(9-17-18)15(20)16-10-13(14-3-2-8-22-14)19-4-6-21-7-5-19/h2-3,8-9,11,13H,4-7,10H2,1H3,(H,16,20). The molecule has 1 atom stereocenters. The SMILES string of the molecule is Cn1cc(C(=O)NCC(c2cccs2)N2CCOCC2)cn1. The van der Waals surface area contributed by atoms with Gasteiger partial charge in [0, 0.05) is 37.8 Å². The summed E-state index contributed by atoms with van der Waals surface area (Å²) in [5.41, 5.74) is 0.592. The summed E-state index contributed by atoms with van der Waals surface area (Å²) in [6, 6.07) is 4.38. The Morgan fingerprint density at radius 1 is 1.50 bits per heavy atom. The van der Waals surface area contributed by atoms with E-state index in [9.17, 15) is 4.79 Å². The molecular formula is C15H20N4O2S. The molecule has 0 aromatic carbocycles. The van der Waals surface area contributed by atoms with Gasteiger partial charge in [-0.05, 0) is 11.4 Å². The van der Waals surface area contributed by atoms with Crippen LogP contribution in [0.2, 0.25) is 0 Å². The molecule has 1 fully saturated rings. The fraction of sp³-hybridized carbons (Fsp3) is 0.467. The molecule has 2 aromatic rings. The van der Waals surface area contributed by atoms with Gasteiger partial charge >= 0.3 is 0 Å². The molecule has 1 aliphatic rings. The number of carbonyl (C=O) groups excluding carboxylic acids is 1. The Labute approximate surface area is 133 Å². The second kappa shape index (κ2) is 7.04. The molecule has 0 saturated carbocycles. The van der Waals surface area contributed by atoms with Crippen molar-refractivity contribution in [2.45, 2.75) is 6.04 Å². The zero-order chi connectivity index (χ0) is 15.4. The van der Waals surface area contributed by atoms with Gasteiger partial charge in [0.25, 0.3) is 5.91 Å². The quantitative estimate of drug-likeness (QED) is 0.902. The van der Waals surface area contributed by atoms with Crippen LogP contribution in [-0.4, -0.2) is 53.4 Å². The predicted octanol–water partition coefficient (Wildman–Crippen LogP) is 1.28. The zero-order valence-corrected chi connectivity index (χ0v) is 13.4. The van der Waals surface area contributed by atoms with Gasteiger partial charge in [0.2, 0.25) is 0 Å². The highest BCUT2D eigenvalue weighted by Gasteiger charge is 2.24. The van der Waals surface area contributed by atoms with Gasteiger partial charge < -0.3 is 10.1 Å². The summed E-state index contributed by atoms with van der Waals surface area (Å²) in [5, 5.41) is 9.14. The van der Waals surface area contributed by atoms with Crippen LogP contribution in [-0.2, 0) is 11.8 Å². The van der Waals surface area contributed by atoms with Crippen molar-refractivity contribution in [2.75, 3.05) is 32.8 Å². The average Bonchev–Trinajstić information content (AvgIpc) is 3.20. The van der Waals surface area contributed by atoms with Gasteiger partial charge in [-0.15, -0.1) is 11.3 Å². The molecule has 118 valence electrons. The van der Waals surface area contributed by atoms with Crippen LogP contribution in [0.4, 0.5) is 0 Å². The third-order valence-electron chi connectivity index (χ3n) is 3.78. The number of hydrogen-bond donors (Lipinski definition) is 1. The van der Waals surface area contributed by atoms with Crippen LogP contribution in [0.15, 0.2) is 29.9 Å². The van der Waals surface area contributed by atoms with E-state index < -0.39 is 0 Å². The number of nitrogens with one attached hydrogen (secondary N) is 1. The molecule has 1 aliphatic heterocycles. The van der Waals surface area contributed by atoms with Crippen molar-refractivity contribution in [1.29, 1.82) is 0 Å². The summed E-state index contributed by atoms with van der Waals surface area (Å²) < 4.78 is 7.06. The fourth-order valence-electron chi connectivity index (χ4n) is 2.61. The molecule has 22 heavy (non-hydrogen) atoms. The second-order valence-electron chi connectivity index (χ2n) is 5.29. The van der Waals surface area contributed by atoms with E-state index in [-0.39, 0.29) is 11.9 Å². The molecule has 0 bridgehead atoms. The number of ether oxygens (including phenoxy) is 1. The molecule has 3 rings (SSSR count). The molecule has 7 heteroatoms. The molecule has 2 aromatic heterocycles. The number of aromatic nitrogens is 2. The molecule has 0 aliphatic carbocycles. The van der Waals surface area contributed by atoms with E-state index in [1.807, 2.05) is 0 Å². The number of morpholine rings is 1. The minimum absolute atomic E-state index is 0.0806. The Morgan fingerprint density at radius 2 is 2.32 bits per heavy atom. The Kier molecular flexibility index (Phi) is 4.87. The van der Waals surface area contributed by atoms with Gasteiger partial charge in [0.05, 0.1) is 31.0 Å². The van der Waals surface area contributed by atoms with Gasteiger partial charge in [-0.25, -0.2) is 0 Å². The van der Waals surface area contributed by atoms with Crippen molar-refractivity contribution in [3.05, 3.63) is 40.3 Å². The minimum atomic E-state index is -0.0806. The van der Waals surface area contributed by atoms with Crippen molar-refractivity contribution in [3.63, 3.8) is 0 Å².